The van der Waals surface area contributed by atoms with Crippen LogP contribution in [0.25, 0.3) is 0 Å². The fourth-order valence-electron chi connectivity index (χ4n) is 2.92. The van der Waals surface area contributed by atoms with E-state index in [0.717, 1.165) is 10.5 Å². The zero-order valence-electron chi connectivity index (χ0n) is 15.3. The third-order valence-electron chi connectivity index (χ3n) is 4.42. The summed E-state index contributed by atoms with van der Waals surface area (Å²) in [5.74, 6) is -1.04. The van der Waals surface area contributed by atoms with Crippen LogP contribution in [0.4, 0.5) is 21.9 Å². The second kappa shape index (κ2) is 7.47. The van der Waals surface area contributed by atoms with Crippen molar-refractivity contribution in [2.45, 2.75) is 19.9 Å². The number of nitrogens with zero attached hydrogens (tertiary/aromatic N) is 3. The van der Waals surface area contributed by atoms with Gasteiger partial charge in [-0.15, -0.1) is 0 Å². The lowest BCUT2D eigenvalue weighted by molar-refractivity contribution is -0.384. The second-order valence-corrected chi connectivity index (χ2v) is 6.44. The molecule has 9 heteroatoms. The average Bonchev–Trinajstić information content (AvgIpc) is 2.86. The second-order valence-electron chi connectivity index (χ2n) is 6.44. The summed E-state index contributed by atoms with van der Waals surface area (Å²) in [6.45, 7) is 3.08. The summed E-state index contributed by atoms with van der Waals surface area (Å²) in [5, 5.41) is 13.2. The van der Waals surface area contributed by atoms with Crippen molar-refractivity contribution < 1.29 is 19.3 Å². The first-order valence-electron chi connectivity index (χ1n) is 8.53. The number of carbonyl (C=O) groups is 3. The number of nitrogens with one attached hydrogen (secondary N) is 1. The Kier molecular flexibility index (Phi) is 5.08. The maximum atomic E-state index is 12.7. The Morgan fingerprint density at radius 3 is 2.29 bits per heavy atom. The zero-order valence-corrected chi connectivity index (χ0v) is 15.3. The molecule has 1 N–H and O–H groups in total. The molecule has 0 aromatic heterocycles. The quantitative estimate of drug-likeness (QED) is 0.485. The minimum atomic E-state index is -0.720. The van der Waals surface area contributed by atoms with Crippen LogP contribution < -0.4 is 10.2 Å². The van der Waals surface area contributed by atoms with Crippen molar-refractivity contribution in [2.75, 3.05) is 16.8 Å². The Bertz CT molecular complexity index is 940. The Morgan fingerprint density at radius 1 is 1.11 bits per heavy atom. The van der Waals surface area contributed by atoms with Crippen molar-refractivity contribution in [2.24, 2.45) is 0 Å². The summed E-state index contributed by atoms with van der Waals surface area (Å²) in [4.78, 5) is 49.8. The number of non-ortho nitro benzene ring substituents is 1. The van der Waals surface area contributed by atoms with Crippen molar-refractivity contribution in [1.82, 2.24) is 4.90 Å². The minimum Gasteiger partial charge on any atom is -0.325 e. The van der Waals surface area contributed by atoms with Crippen LogP contribution in [0.15, 0.2) is 48.5 Å². The van der Waals surface area contributed by atoms with Crippen LogP contribution in [-0.4, -0.2) is 40.3 Å². The molecular weight excluding hydrogens is 364 g/mol. The highest BCUT2D eigenvalue weighted by Gasteiger charge is 2.44. The number of nitro benzene ring substituents is 1. The molecule has 0 unspecified atom stereocenters. The van der Waals surface area contributed by atoms with Crippen LogP contribution in [0, 0.1) is 17.0 Å². The molecule has 144 valence electrons. The number of carbonyl (C=O) groups excluding carboxylic acids is 3. The van der Waals surface area contributed by atoms with E-state index >= 15 is 0 Å². The van der Waals surface area contributed by atoms with Crippen molar-refractivity contribution in [3.63, 3.8) is 0 Å². The minimum absolute atomic E-state index is 0.106. The van der Waals surface area contributed by atoms with Gasteiger partial charge in [-0.1, -0.05) is 17.7 Å². The van der Waals surface area contributed by atoms with Crippen LogP contribution in [0.1, 0.15) is 12.5 Å². The van der Waals surface area contributed by atoms with Crippen molar-refractivity contribution in [1.29, 1.82) is 0 Å². The van der Waals surface area contributed by atoms with Crippen molar-refractivity contribution in [3.8, 4) is 0 Å². The Morgan fingerprint density at radius 2 is 1.71 bits per heavy atom. The molecule has 1 aliphatic rings. The highest BCUT2D eigenvalue weighted by molar-refractivity contribution is 6.16. The molecule has 3 rings (SSSR count). The highest BCUT2D eigenvalue weighted by Crippen LogP contribution is 2.26. The molecule has 2 aromatic rings. The number of imide groups is 1. The smallest absolute Gasteiger partial charge is 0.325 e. The molecule has 0 bridgehead atoms. The van der Waals surface area contributed by atoms with Crippen molar-refractivity contribution >= 4 is 34.9 Å². The number of aryl methyl sites for hydroxylation is 1. The van der Waals surface area contributed by atoms with Crippen LogP contribution >= 0.6 is 0 Å². The third kappa shape index (κ3) is 3.68. The van der Waals surface area contributed by atoms with Crippen LogP contribution in [0.2, 0.25) is 0 Å². The van der Waals surface area contributed by atoms with Gasteiger partial charge in [-0.05, 0) is 38.1 Å². The molecule has 28 heavy (non-hydrogen) atoms. The number of anilines is 2. The summed E-state index contributed by atoms with van der Waals surface area (Å²) < 4.78 is 0. The Balaban J connectivity index is 1.70. The van der Waals surface area contributed by atoms with E-state index < -0.39 is 35.4 Å². The van der Waals surface area contributed by atoms with E-state index in [-0.39, 0.29) is 5.69 Å². The van der Waals surface area contributed by atoms with E-state index in [1.165, 1.54) is 29.2 Å². The van der Waals surface area contributed by atoms with Gasteiger partial charge in [0.1, 0.15) is 12.6 Å². The lowest BCUT2D eigenvalue weighted by Gasteiger charge is -2.19. The summed E-state index contributed by atoms with van der Waals surface area (Å²) in [7, 11) is 0. The monoisotopic (exact) mass is 382 g/mol. The maximum Gasteiger partial charge on any atom is 0.332 e. The standard InChI is InChI=1S/C19H18N4O5/c1-12-3-7-15(8-4-12)22-13(2)18(25)21(19(22)26)11-17(24)20-14-5-9-16(10-6-14)23(27)28/h3-10,13H,11H2,1-2H3,(H,20,24)/t13-/m0/s1. The van der Waals surface area contributed by atoms with Gasteiger partial charge in [0.05, 0.1) is 4.92 Å². The van der Waals surface area contributed by atoms with Crippen molar-refractivity contribution in [3.05, 3.63) is 64.2 Å². The molecule has 9 nitrogen and oxygen atoms in total. The summed E-state index contributed by atoms with van der Waals surface area (Å²) in [6, 6.07) is 11.1. The molecule has 1 saturated heterocycles. The molecule has 0 aliphatic carbocycles. The molecule has 1 atom stereocenters. The summed E-state index contributed by atoms with van der Waals surface area (Å²) in [5.41, 5.74) is 1.83. The van der Waals surface area contributed by atoms with Gasteiger partial charge < -0.3 is 5.32 Å². The van der Waals surface area contributed by atoms with Crippen LogP contribution in [-0.2, 0) is 9.59 Å². The first-order valence-corrected chi connectivity index (χ1v) is 8.53. The number of benzene rings is 2. The molecule has 2 aromatic carbocycles. The molecule has 1 heterocycles. The Labute approximate surface area is 160 Å². The third-order valence-corrected chi connectivity index (χ3v) is 4.42. The predicted molar refractivity (Wildman–Crippen MR) is 102 cm³/mol. The first kappa shape index (κ1) is 19.0. The largest absolute Gasteiger partial charge is 0.332 e. The SMILES string of the molecule is Cc1ccc(N2C(=O)N(CC(=O)Nc3ccc([N+](=O)[O-])cc3)C(=O)[C@@H]2C)cc1. The Hall–Kier alpha value is -3.75. The van der Waals surface area contributed by atoms with Gasteiger partial charge in [-0.2, -0.15) is 0 Å². The highest BCUT2D eigenvalue weighted by atomic mass is 16.6. The summed E-state index contributed by atoms with van der Waals surface area (Å²) >= 11 is 0. The lowest BCUT2D eigenvalue weighted by Crippen LogP contribution is -2.39. The molecular formula is C19H18N4O5. The number of amides is 4. The number of rotatable bonds is 5. The van der Waals surface area contributed by atoms with E-state index in [2.05, 4.69) is 5.32 Å². The molecule has 0 radical (unpaired) electrons. The predicted octanol–water partition coefficient (Wildman–Crippen LogP) is 2.70. The number of hydrogen-bond acceptors (Lipinski definition) is 5. The van der Waals surface area contributed by atoms with Crippen LogP contribution in [0.5, 0.6) is 0 Å². The topological polar surface area (TPSA) is 113 Å². The van der Waals surface area contributed by atoms with E-state index in [1.807, 2.05) is 19.1 Å². The van der Waals surface area contributed by atoms with Gasteiger partial charge in [-0.25, -0.2) is 4.79 Å². The normalized spacial score (nSPS) is 16.4. The van der Waals surface area contributed by atoms with Gasteiger partial charge in [0.25, 0.3) is 11.6 Å². The van der Waals surface area contributed by atoms with Crippen LogP contribution in [0.3, 0.4) is 0 Å². The van der Waals surface area contributed by atoms with Gasteiger partial charge in [-0.3, -0.25) is 29.5 Å². The van der Waals surface area contributed by atoms with E-state index in [1.54, 1.807) is 19.1 Å². The average molecular weight is 382 g/mol. The fourth-order valence-corrected chi connectivity index (χ4v) is 2.92. The molecule has 1 fully saturated rings. The molecule has 0 spiro atoms. The summed E-state index contributed by atoms with van der Waals surface area (Å²) in [6.07, 6.45) is 0. The van der Waals surface area contributed by atoms with E-state index in [9.17, 15) is 24.5 Å². The van der Waals surface area contributed by atoms with Gasteiger partial charge in [0.15, 0.2) is 0 Å². The van der Waals surface area contributed by atoms with Gasteiger partial charge >= 0.3 is 6.03 Å². The van der Waals surface area contributed by atoms with E-state index in [0.29, 0.717) is 11.4 Å². The number of nitro groups is 1. The lowest BCUT2D eigenvalue weighted by atomic mass is 10.2. The first-order chi connectivity index (χ1) is 13.3. The number of hydrogen-bond donors (Lipinski definition) is 1. The maximum absolute atomic E-state index is 12.7. The van der Waals surface area contributed by atoms with Gasteiger partial charge in [0, 0.05) is 23.5 Å². The molecule has 4 amide bonds. The fraction of sp³-hybridized carbons (Fsp3) is 0.211. The number of urea groups is 1. The van der Waals surface area contributed by atoms with E-state index in [4.69, 9.17) is 0 Å². The molecule has 0 saturated carbocycles. The zero-order chi connectivity index (χ0) is 20.4. The van der Waals surface area contributed by atoms with Gasteiger partial charge in [0.2, 0.25) is 5.91 Å². The molecule has 1 aliphatic heterocycles.